The van der Waals surface area contributed by atoms with Crippen molar-refractivity contribution in [3.8, 4) is 0 Å². The van der Waals surface area contributed by atoms with Crippen LogP contribution in [0.3, 0.4) is 0 Å². The lowest BCUT2D eigenvalue weighted by Gasteiger charge is -2.39. The Hall–Kier alpha value is -0.240. The minimum Gasteiger partial charge on any atom is -0.590 e. The van der Waals surface area contributed by atoms with Gasteiger partial charge in [0.25, 0.3) is 5.28 Å². The molecule has 0 heterocycles. The van der Waals surface area contributed by atoms with Gasteiger partial charge in [-0.2, -0.15) is 0 Å². The molecule has 0 radical (unpaired) electrons. The lowest BCUT2D eigenvalue weighted by molar-refractivity contribution is -0.910. The summed E-state index contributed by atoms with van der Waals surface area (Å²) in [4.78, 5) is 12.1. The van der Waals surface area contributed by atoms with Crippen molar-refractivity contribution in [1.82, 2.24) is 0 Å². The van der Waals surface area contributed by atoms with Crippen LogP contribution in [0.2, 0.25) is 0 Å². The molecule has 29 heavy (non-hydrogen) atoms. The van der Waals surface area contributed by atoms with Gasteiger partial charge >= 0.3 is 8.03 Å². The van der Waals surface area contributed by atoms with E-state index in [1.165, 1.54) is 83.5 Å². The molecule has 0 fully saturated rings. The van der Waals surface area contributed by atoms with Crippen LogP contribution < -0.4 is 4.89 Å². The largest absolute Gasteiger partial charge is 0.590 e. The van der Waals surface area contributed by atoms with E-state index >= 15 is 0 Å². The molecule has 2 atom stereocenters. The molecule has 0 aromatic heterocycles. The van der Waals surface area contributed by atoms with Crippen LogP contribution in [0.4, 0.5) is 0 Å². The lowest BCUT2D eigenvalue weighted by Crippen LogP contribution is -2.55. The molecule has 0 bridgehead atoms. The predicted molar refractivity (Wildman–Crippen MR) is 127 cm³/mol. The van der Waals surface area contributed by atoms with E-state index in [9.17, 15) is 9.46 Å². The fraction of sp³-hybridized carbons (Fsp3) is 0.920. The van der Waals surface area contributed by atoms with Gasteiger partial charge in [0.15, 0.2) is 0 Å². The van der Waals surface area contributed by atoms with Gasteiger partial charge in [-0.05, 0) is 32.6 Å². The minimum atomic E-state index is -2.42. The van der Waals surface area contributed by atoms with Gasteiger partial charge in [0.1, 0.15) is 0 Å². The monoisotopic (exact) mass is 428 g/mol. The number of nitrogens with zero attached hydrogens (tertiary/aromatic N) is 1. The standard InChI is InChI=1S/C25H51NO2P/c1-6-8-9-10-11-12-13-14-15-16-17-18-19-20-21-22-24-25(23-7-2,29(27)28)26(3,4)5/h6,8H,7,9-24H2,1-5H3/q+1/b8-6-. The average Bonchev–Trinajstić information content (AvgIpc) is 2.65. The first-order chi connectivity index (χ1) is 13.8. The molecule has 0 aliphatic heterocycles. The first-order valence-electron chi connectivity index (χ1n) is 12.4. The van der Waals surface area contributed by atoms with Gasteiger partial charge in [0.2, 0.25) is 0 Å². The minimum absolute atomic E-state index is 0.523. The molecule has 0 aromatic rings. The van der Waals surface area contributed by atoms with E-state index in [0.29, 0.717) is 4.48 Å². The van der Waals surface area contributed by atoms with E-state index in [1.54, 1.807) is 0 Å². The second kappa shape index (κ2) is 17.4. The van der Waals surface area contributed by atoms with E-state index in [0.717, 1.165) is 25.7 Å². The molecule has 0 aliphatic carbocycles. The van der Waals surface area contributed by atoms with E-state index in [1.807, 2.05) is 21.1 Å². The van der Waals surface area contributed by atoms with Crippen molar-refractivity contribution in [1.29, 1.82) is 0 Å². The van der Waals surface area contributed by atoms with E-state index in [4.69, 9.17) is 0 Å². The van der Waals surface area contributed by atoms with Crippen molar-refractivity contribution in [2.45, 2.75) is 128 Å². The fourth-order valence-corrected chi connectivity index (χ4v) is 5.64. The number of quaternary nitrogens is 1. The molecule has 0 aromatic carbocycles. The van der Waals surface area contributed by atoms with Crippen LogP contribution in [-0.2, 0) is 4.57 Å². The average molecular weight is 429 g/mol. The molecule has 2 unspecified atom stereocenters. The third kappa shape index (κ3) is 12.9. The third-order valence-corrected chi connectivity index (χ3v) is 8.15. The third-order valence-electron chi connectivity index (χ3n) is 6.42. The second-order valence-corrected chi connectivity index (χ2v) is 11.1. The van der Waals surface area contributed by atoms with Gasteiger partial charge in [-0.1, -0.05) is 94.3 Å². The van der Waals surface area contributed by atoms with Crippen molar-refractivity contribution in [2.75, 3.05) is 21.1 Å². The summed E-state index contributed by atoms with van der Waals surface area (Å²) in [5, 5.41) is -0.587. The first-order valence-corrected chi connectivity index (χ1v) is 13.6. The molecule has 0 aliphatic rings. The van der Waals surface area contributed by atoms with E-state index < -0.39 is 13.3 Å². The molecular formula is C25H51NO2P+. The van der Waals surface area contributed by atoms with Crippen molar-refractivity contribution < 1.29 is 13.9 Å². The lowest BCUT2D eigenvalue weighted by atomic mass is 9.99. The van der Waals surface area contributed by atoms with Crippen molar-refractivity contribution >= 4 is 8.03 Å². The topological polar surface area (TPSA) is 40.1 Å². The maximum Gasteiger partial charge on any atom is 0.376 e. The normalized spacial score (nSPS) is 15.0. The van der Waals surface area contributed by atoms with Crippen molar-refractivity contribution in [3.05, 3.63) is 12.2 Å². The second-order valence-electron chi connectivity index (χ2n) is 9.71. The SMILES string of the molecule is C/C=C\CCCCCCCCCCCCCCCC(CCC)([P+](=O)[O-])[N+](C)(C)C. The summed E-state index contributed by atoms with van der Waals surface area (Å²) in [6.45, 7) is 4.19. The summed E-state index contributed by atoms with van der Waals surface area (Å²) in [7, 11) is 3.68. The van der Waals surface area contributed by atoms with Crippen LogP contribution in [0.25, 0.3) is 0 Å². The van der Waals surface area contributed by atoms with Gasteiger partial charge in [0, 0.05) is 12.8 Å². The quantitative estimate of drug-likeness (QED) is 0.0861. The molecule has 3 nitrogen and oxygen atoms in total. The summed E-state index contributed by atoms with van der Waals surface area (Å²) >= 11 is 0. The smallest absolute Gasteiger partial charge is 0.376 e. The Morgan fingerprint density at radius 1 is 0.759 bits per heavy atom. The predicted octanol–water partition coefficient (Wildman–Crippen LogP) is 7.72. The number of allylic oxidation sites excluding steroid dienone is 2. The highest BCUT2D eigenvalue weighted by molar-refractivity contribution is 7.38. The molecule has 0 spiro atoms. The zero-order chi connectivity index (χ0) is 22.0. The summed E-state index contributed by atoms with van der Waals surface area (Å²) in [6.07, 6.45) is 25.4. The highest BCUT2D eigenvalue weighted by atomic mass is 31.1. The Bertz CT molecular complexity index is 431. The Morgan fingerprint density at radius 3 is 1.52 bits per heavy atom. The molecule has 172 valence electrons. The Morgan fingerprint density at radius 2 is 1.17 bits per heavy atom. The molecule has 0 rings (SSSR count). The van der Waals surface area contributed by atoms with Crippen molar-refractivity contribution in [3.63, 3.8) is 0 Å². The van der Waals surface area contributed by atoms with Crippen LogP contribution >= 0.6 is 8.03 Å². The number of hydrogen-bond donors (Lipinski definition) is 0. The Balaban J connectivity index is 3.68. The first kappa shape index (κ1) is 28.8. The highest BCUT2D eigenvalue weighted by Crippen LogP contribution is 2.45. The number of hydrogen-bond acceptors (Lipinski definition) is 2. The molecule has 0 amide bonds. The van der Waals surface area contributed by atoms with Crippen LogP contribution in [0.15, 0.2) is 12.2 Å². The summed E-state index contributed by atoms with van der Waals surface area (Å²) in [5.74, 6) is 0. The summed E-state index contributed by atoms with van der Waals surface area (Å²) in [6, 6.07) is 0. The maximum atomic E-state index is 12.1. The summed E-state index contributed by atoms with van der Waals surface area (Å²) < 4.78 is 12.6. The van der Waals surface area contributed by atoms with Gasteiger partial charge in [-0.3, -0.25) is 4.48 Å². The Kier molecular flexibility index (Phi) is 17.3. The zero-order valence-electron chi connectivity index (χ0n) is 20.4. The molecular weight excluding hydrogens is 377 g/mol. The zero-order valence-corrected chi connectivity index (χ0v) is 21.3. The van der Waals surface area contributed by atoms with Gasteiger partial charge in [-0.25, -0.2) is 0 Å². The molecule has 0 saturated carbocycles. The Labute approximate surface area is 183 Å². The molecule has 0 N–H and O–H groups in total. The highest BCUT2D eigenvalue weighted by Gasteiger charge is 2.53. The van der Waals surface area contributed by atoms with E-state index in [2.05, 4.69) is 26.0 Å². The van der Waals surface area contributed by atoms with Gasteiger partial charge in [0.05, 0.1) is 21.1 Å². The van der Waals surface area contributed by atoms with Crippen molar-refractivity contribution in [2.24, 2.45) is 0 Å². The number of rotatable bonds is 20. The van der Waals surface area contributed by atoms with Gasteiger partial charge in [-0.15, -0.1) is 0 Å². The maximum absolute atomic E-state index is 12.1. The van der Waals surface area contributed by atoms with Crippen LogP contribution in [0.5, 0.6) is 0 Å². The summed E-state index contributed by atoms with van der Waals surface area (Å²) in [5.41, 5.74) is 0. The number of unbranched alkanes of at least 4 members (excludes halogenated alkanes) is 13. The van der Waals surface area contributed by atoms with Crippen LogP contribution in [-0.4, -0.2) is 30.9 Å². The molecule has 4 heteroatoms. The van der Waals surface area contributed by atoms with Gasteiger partial charge < -0.3 is 4.89 Å². The fourth-order valence-electron chi connectivity index (χ4n) is 4.41. The molecule has 0 saturated heterocycles. The van der Waals surface area contributed by atoms with Crippen LogP contribution in [0.1, 0.15) is 123 Å². The van der Waals surface area contributed by atoms with Crippen LogP contribution in [0, 0.1) is 0 Å². The van der Waals surface area contributed by atoms with E-state index in [-0.39, 0.29) is 0 Å².